The van der Waals surface area contributed by atoms with Crippen molar-refractivity contribution in [2.45, 2.75) is 41.0 Å². The Kier molecular flexibility index (Phi) is 5.61. The number of carbonyl (C=O) groups is 1. The average Bonchev–Trinajstić information content (AvgIpc) is 2.62. The topological polar surface area (TPSA) is 26.3 Å². The van der Waals surface area contributed by atoms with Crippen molar-refractivity contribution in [1.29, 1.82) is 0 Å². The van der Waals surface area contributed by atoms with E-state index in [1.54, 1.807) is 0 Å². The van der Waals surface area contributed by atoms with Gasteiger partial charge in [0.15, 0.2) is 0 Å². The van der Waals surface area contributed by atoms with Gasteiger partial charge in [0.05, 0.1) is 7.11 Å². The van der Waals surface area contributed by atoms with Crippen LogP contribution in [-0.4, -0.2) is 13.1 Å². The fraction of sp³-hybridized carbons (Fsp3) is 0.318. The number of ether oxygens (including phenoxy) is 1. The van der Waals surface area contributed by atoms with Crippen LogP contribution in [0.25, 0.3) is 16.7 Å². The molecule has 24 heavy (non-hydrogen) atoms. The summed E-state index contributed by atoms with van der Waals surface area (Å²) in [4.78, 5) is 11.9. The molecule has 0 aliphatic heterocycles. The third kappa shape index (κ3) is 3.28. The molecule has 0 heterocycles. The molecule has 0 unspecified atom stereocenters. The molecule has 0 saturated carbocycles. The first-order valence-electron chi connectivity index (χ1n) is 8.37. The van der Waals surface area contributed by atoms with E-state index in [4.69, 9.17) is 4.74 Å². The molecule has 2 rings (SSSR count). The first kappa shape index (κ1) is 18.0. The highest BCUT2D eigenvalue weighted by Crippen LogP contribution is 2.34. The predicted octanol–water partition coefficient (Wildman–Crippen LogP) is 5.50. The van der Waals surface area contributed by atoms with Crippen molar-refractivity contribution in [1.82, 2.24) is 0 Å². The van der Waals surface area contributed by atoms with E-state index >= 15 is 0 Å². The number of allylic oxidation sites excluding steroid dienone is 1. The molecule has 0 fully saturated rings. The Morgan fingerprint density at radius 2 is 1.67 bits per heavy atom. The first-order chi connectivity index (χ1) is 11.4. The number of benzene rings is 2. The molecule has 0 aliphatic carbocycles. The van der Waals surface area contributed by atoms with Crippen molar-refractivity contribution in [3.63, 3.8) is 0 Å². The lowest BCUT2D eigenvalue weighted by Crippen LogP contribution is -2.06. The molecule has 2 heteroatoms. The van der Waals surface area contributed by atoms with Crippen LogP contribution in [0.3, 0.4) is 0 Å². The second-order valence-corrected chi connectivity index (χ2v) is 6.16. The Labute approximate surface area is 145 Å². The molecule has 0 aliphatic rings. The molecule has 126 valence electrons. The molecule has 0 aromatic heterocycles. The van der Waals surface area contributed by atoms with E-state index in [-0.39, 0.29) is 5.97 Å². The summed E-state index contributed by atoms with van der Waals surface area (Å²) in [6.07, 6.45) is 0.982. The Hall–Kier alpha value is -2.35. The lowest BCUT2D eigenvalue weighted by molar-refractivity contribution is -0.135. The molecule has 0 saturated heterocycles. The third-order valence-electron chi connectivity index (χ3n) is 4.93. The minimum Gasteiger partial charge on any atom is -0.466 e. The summed E-state index contributed by atoms with van der Waals surface area (Å²) < 4.78 is 4.89. The van der Waals surface area contributed by atoms with Crippen molar-refractivity contribution in [3.8, 4) is 11.1 Å². The van der Waals surface area contributed by atoms with E-state index in [0.717, 1.165) is 17.6 Å². The van der Waals surface area contributed by atoms with Gasteiger partial charge in [-0.15, -0.1) is 0 Å². The third-order valence-corrected chi connectivity index (χ3v) is 4.93. The second-order valence-electron chi connectivity index (χ2n) is 6.16. The van der Waals surface area contributed by atoms with Gasteiger partial charge in [-0.25, -0.2) is 4.79 Å². The van der Waals surface area contributed by atoms with Crippen molar-refractivity contribution in [3.05, 3.63) is 64.2 Å². The maximum Gasteiger partial charge on any atom is 0.333 e. The smallest absolute Gasteiger partial charge is 0.333 e. The van der Waals surface area contributed by atoms with E-state index in [1.807, 2.05) is 19.9 Å². The van der Waals surface area contributed by atoms with Crippen LogP contribution >= 0.6 is 0 Å². The molecule has 2 aromatic carbocycles. The van der Waals surface area contributed by atoms with E-state index in [0.29, 0.717) is 5.57 Å². The van der Waals surface area contributed by atoms with Crippen LogP contribution in [0.1, 0.15) is 43.0 Å². The highest BCUT2D eigenvalue weighted by Gasteiger charge is 2.16. The lowest BCUT2D eigenvalue weighted by Gasteiger charge is -2.19. The fourth-order valence-corrected chi connectivity index (χ4v) is 3.20. The first-order valence-corrected chi connectivity index (χ1v) is 8.37. The summed E-state index contributed by atoms with van der Waals surface area (Å²) in [7, 11) is 1.42. The monoisotopic (exact) mass is 322 g/mol. The van der Waals surface area contributed by atoms with E-state index in [2.05, 4.69) is 51.1 Å². The molecule has 0 spiro atoms. The number of rotatable bonds is 4. The number of methoxy groups -OCH3 is 1. The highest BCUT2D eigenvalue weighted by molar-refractivity contribution is 5.97. The number of hydrogen-bond acceptors (Lipinski definition) is 2. The van der Waals surface area contributed by atoms with Gasteiger partial charge in [-0.1, -0.05) is 37.3 Å². The van der Waals surface area contributed by atoms with Gasteiger partial charge in [-0.05, 0) is 79.1 Å². The van der Waals surface area contributed by atoms with Gasteiger partial charge < -0.3 is 4.74 Å². The minimum absolute atomic E-state index is 0.273. The number of hydrogen-bond donors (Lipinski definition) is 0. The summed E-state index contributed by atoms with van der Waals surface area (Å²) in [6, 6.07) is 12.7. The summed E-state index contributed by atoms with van der Waals surface area (Å²) >= 11 is 0. The van der Waals surface area contributed by atoms with Crippen LogP contribution in [0.5, 0.6) is 0 Å². The zero-order valence-corrected chi connectivity index (χ0v) is 15.5. The molecule has 0 amide bonds. The Morgan fingerprint density at radius 1 is 1.04 bits per heavy atom. The van der Waals surface area contributed by atoms with Gasteiger partial charge in [-0.2, -0.15) is 0 Å². The second kappa shape index (κ2) is 7.48. The van der Waals surface area contributed by atoms with Gasteiger partial charge >= 0.3 is 5.97 Å². The van der Waals surface area contributed by atoms with Crippen molar-refractivity contribution < 1.29 is 9.53 Å². The normalized spacial score (nSPS) is 11.9. The summed E-state index contributed by atoms with van der Waals surface area (Å²) in [5.41, 5.74) is 9.09. The van der Waals surface area contributed by atoms with Crippen molar-refractivity contribution in [2.24, 2.45) is 0 Å². The average molecular weight is 322 g/mol. The largest absolute Gasteiger partial charge is 0.466 e. The maximum absolute atomic E-state index is 11.9. The van der Waals surface area contributed by atoms with Crippen LogP contribution in [-0.2, 0) is 16.0 Å². The molecule has 2 aromatic rings. The maximum atomic E-state index is 11.9. The van der Waals surface area contributed by atoms with E-state index in [9.17, 15) is 4.79 Å². The molecule has 0 N–H and O–H groups in total. The molecule has 0 bridgehead atoms. The minimum atomic E-state index is -0.273. The highest BCUT2D eigenvalue weighted by atomic mass is 16.5. The number of esters is 1. The Morgan fingerprint density at radius 3 is 2.21 bits per heavy atom. The van der Waals surface area contributed by atoms with Crippen molar-refractivity contribution in [2.75, 3.05) is 7.11 Å². The Bertz CT molecular complexity index is 783. The van der Waals surface area contributed by atoms with Crippen molar-refractivity contribution >= 4 is 11.5 Å². The quantitative estimate of drug-likeness (QED) is 0.549. The van der Waals surface area contributed by atoms with Gasteiger partial charge in [0.25, 0.3) is 0 Å². The molecule has 0 radical (unpaired) electrons. The van der Waals surface area contributed by atoms with Crippen LogP contribution in [0.2, 0.25) is 0 Å². The molecular weight excluding hydrogens is 296 g/mol. The summed E-state index contributed by atoms with van der Waals surface area (Å²) in [5, 5.41) is 0. The van der Waals surface area contributed by atoms with Crippen LogP contribution in [0.15, 0.2) is 42.0 Å². The van der Waals surface area contributed by atoms with Gasteiger partial charge in [0.2, 0.25) is 0 Å². The molecular formula is C22H26O2. The van der Waals surface area contributed by atoms with Gasteiger partial charge in [0.1, 0.15) is 0 Å². The molecule has 0 atom stereocenters. The zero-order valence-electron chi connectivity index (χ0n) is 15.5. The van der Waals surface area contributed by atoms with Crippen LogP contribution in [0.4, 0.5) is 0 Å². The van der Waals surface area contributed by atoms with Crippen LogP contribution in [0, 0.1) is 13.8 Å². The van der Waals surface area contributed by atoms with E-state index < -0.39 is 0 Å². The van der Waals surface area contributed by atoms with E-state index in [1.165, 1.54) is 34.9 Å². The van der Waals surface area contributed by atoms with Gasteiger partial charge in [0, 0.05) is 5.57 Å². The lowest BCUT2D eigenvalue weighted by atomic mass is 9.85. The SMILES string of the molecule is CCc1c(-c2ccccc2)cc(/C(C)=C(\C)C(=O)OC)c(C)c1C. The Balaban J connectivity index is 2.76. The zero-order chi connectivity index (χ0) is 17.9. The van der Waals surface area contributed by atoms with Crippen LogP contribution < -0.4 is 0 Å². The summed E-state index contributed by atoms with van der Waals surface area (Å²) in [5.74, 6) is -0.273. The summed E-state index contributed by atoms with van der Waals surface area (Å²) in [6.45, 7) is 10.3. The standard InChI is InChI=1S/C22H26O2/c1-7-19-14(2)15(3)20(16(4)17(5)22(23)24-6)13-21(19)18-11-9-8-10-12-18/h8-13H,7H2,1-6H3/b17-16+. The van der Waals surface area contributed by atoms with Gasteiger partial charge in [-0.3, -0.25) is 0 Å². The predicted molar refractivity (Wildman–Crippen MR) is 101 cm³/mol. The number of carbonyl (C=O) groups excluding carboxylic acids is 1. The molecule has 2 nitrogen and oxygen atoms in total. The fourth-order valence-electron chi connectivity index (χ4n) is 3.20.